The van der Waals surface area contributed by atoms with Crippen LogP contribution >= 0.6 is 0 Å². The summed E-state index contributed by atoms with van der Waals surface area (Å²) in [5.74, 6) is 2.16. The molecule has 3 rings (SSSR count). The van der Waals surface area contributed by atoms with Crippen molar-refractivity contribution in [2.24, 2.45) is 0 Å². The zero-order valence-electron chi connectivity index (χ0n) is 12.6. The largest absolute Gasteiger partial charge is 0.437 e. The molecule has 0 saturated heterocycles. The van der Waals surface area contributed by atoms with E-state index >= 15 is 0 Å². The lowest BCUT2D eigenvalue weighted by molar-refractivity contribution is 0.451. The van der Waals surface area contributed by atoms with Crippen LogP contribution in [0.1, 0.15) is 17.1 Å². The minimum Gasteiger partial charge on any atom is -0.437 e. The lowest BCUT2D eigenvalue weighted by Gasteiger charge is -2.12. The van der Waals surface area contributed by atoms with E-state index in [1.807, 2.05) is 19.9 Å². The van der Waals surface area contributed by atoms with Crippen LogP contribution in [0.25, 0.3) is 0 Å². The number of anilines is 1. The topological polar surface area (TPSA) is 121 Å². The molecule has 0 aliphatic rings. The Morgan fingerprint density at radius 3 is 2.87 bits per heavy atom. The fraction of sp³-hybridized carbons (Fsp3) is 0.214. The van der Waals surface area contributed by atoms with Gasteiger partial charge in [-0.05, 0) is 26.0 Å². The average molecular weight is 313 g/mol. The number of pyridine rings is 1. The number of aryl methyl sites for hydroxylation is 1. The molecule has 23 heavy (non-hydrogen) atoms. The Morgan fingerprint density at radius 1 is 1.26 bits per heavy atom. The van der Waals surface area contributed by atoms with E-state index in [0.29, 0.717) is 29.8 Å². The van der Waals surface area contributed by atoms with E-state index < -0.39 is 0 Å². The minimum atomic E-state index is -0.350. The van der Waals surface area contributed by atoms with E-state index in [1.54, 1.807) is 12.3 Å². The van der Waals surface area contributed by atoms with Gasteiger partial charge >= 0.3 is 5.69 Å². The van der Waals surface area contributed by atoms with Gasteiger partial charge in [-0.2, -0.15) is 5.10 Å². The van der Waals surface area contributed by atoms with Crippen molar-refractivity contribution < 1.29 is 4.74 Å². The van der Waals surface area contributed by atoms with E-state index in [4.69, 9.17) is 4.74 Å². The predicted molar refractivity (Wildman–Crippen MR) is 82.4 cm³/mol. The first kappa shape index (κ1) is 14.7. The molecule has 0 radical (unpaired) electrons. The van der Waals surface area contributed by atoms with Gasteiger partial charge in [0.25, 0.3) is 0 Å². The van der Waals surface area contributed by atoms with Crippen LogP contribution in [0, 0.1) is 13.8 Å². The maximum Gasteiger partial charge on any atom is 0.340 e. The van der Waals surface area contributed by atoms with E-state index in [0.717, 1.165) is 11.3 Å². The van der Waals surface area contributed by atoms with Crippen LogP contribution < -0.4 is 15.7 Å². The molecular weight excluding hydrogens is 298 g/mol. The summed E-state index contributed by atoms with van der Waals surface area (Å²) < 4.78 is 5.80. The van der Waals surface area contributed by atoms with E-state index in [-0.39, 0.29) is 5.69 Å². The van der Waals surface area contributed by atoms with Crippen molar-refractivity contribution in [3.05, 3.63) is 52.2 Å². The fourth-order valence-corrected chi connectivity index (χ4v) is 1.95. The Bertz CT molecular complexity index is 871. The molecular formula is C14H15N7O2. The summed E-state index contributed by atoms with van der Waals surface area (Å²) in [6.45, 7) is 4.03. The van der Waals surface area contributed by atoms with Crippen LogP contribution in [0.5, 0.6) is 11.6 Å². The first-order valence-electron chi connectivity index (χ1n) is 6.92. The predicted octanol–water partition coefficient (Wildman–Crippen LogP) is 1.30. The van der Waals surface area contributed by atoms with Crippen molar-refractivity contribution in [1.29, 1.82) is 0 Å². The number of hydrogen-bond acceptors (Lipinski definition) is 7. The Labute approximate surface area is 131 Å². The maximum atomic E-state index is 11.0. The minimum absolute atomic E-state index is 0.321. The molecule has 3 aromatic heterocycles. The van der Waals surface area contributed by atoms with Gasteiger partial charge in [0.1, 0.15) is 18.0 Å². The number of nitrogens with zero attached hydrogens (tertiary/aromatic N) is 4. The van der Waals surface area contributed by atoms with Gasteiger partial charge in [0, 0.05) is 6.20 Å². The van der Waals surface area contributed by atoms with Gasteiger partial charge in [-0.3, -0.25) is 9.97 Å². The lowest BCUT2D eigenvalue weighted by atomic mass is 10.3. The number of aromatic amines is 2. The van der Waals surface area contributed by atoms with Gasteiger partial charge in [0.05, 0.1) is 17.8 Å². The second-order valence-electron chi connectivity index (χ2n) is 4.82. The van der Waals surface area contributed by atoms with Gasteiger partial charge in [-0.25, -0.2) is 19.9 Å². The van der Waals surface area contributed by atoms with Crippen molar-refractivity contribution >= 4 is 5.82 Å². The van der Waals surface area contributed by atoms with E-state index in [9.17, 15) is 4.79 Å². The molecule has 118 valence electrons. The summed E-state index contributed by atoms with van der Waals surface area (Å²) in [5.41, 5.74) is 1.17. The van der Waals surface area contributed by atoms with Crippen LogP contribution in [0.3, 0.4) is 0 Å². The molecule has 3 heterocycles. The molecule has 0 amide bonds. The summed E-state index contributed by atoms with van der Waals surface area (Å²) in [7, 11) is 0. The Kier molecular flexibility index (Phi) is 4.00. The summed E-state index contributed by atoms with van der Waals surface area (Å²) in [6, 6.07) is 3.62. The summed E-state index contributed by atoms with van der Waals surface area (Å²) in [5, 5.41) is 9.21. The molecule has 9 nitrogen and oxygen atoms in total. The monoisotopic (exact) mass is 313 g/mol. The number of H-pyrrole nitrogens is 2. The molecule has 0 bridgehead atoms. The normalized spacial score (nSPS) is 10.5. The molecule has 0 atom stereocenters. The molecule has 3 aromatic rings. The van der Waals surface area contributed by atoms with Crippen molar-refractivity contribution in [3.8, 4) is 11.6 Å². The third-order valence-electron chi connectivity index (χ3n) is 3.18. The Morgan fingerprint density at radius 2 is 2.13 bits per heavy atom. The van der Waals surface area contributed by atoms with Crippen molar-refractivity contribution in [2.75, 3.05) is 5.32 Å². The molecule has 0 aromatic carbocycles. The standard InChI is InChI=1S/C14H15N7O2/c1-8-12(16-6-11-19-14(22)21-20-11)17-7-18-13(8)23-10-4-3-5-15-9(10)2/h3-5,7H,6H2,1-2H3,(H,16,17,18)(H2,19,20,21,22). The third kappa shape index (κ3) is 3.34. The summed E-state index contributed by atoms with van der Waals surface area (Å²) in [6.07, 6.45) is 3.11. The summed E-state index contributed by atoms with van der Waals surface area (Å²) >= 11 is 0. The van der Waals surface area contributed by atoms with Crippen LogP contribution in [0.2, 0.25) is 0 Å². The number of rotatable bonds is 5. The van der Waals surface area contributed by atoms with Gasteiger partial charge in [-0.1, -0.05) is 0 Å². The smallest absolute Gasteiger partial charge is 0.340 e. The Hall–Kier alpha value is -3.23. The second kappa shape index (κ2) is 6.26. The highest BCUT2D eigenvalue weighted by Gasteiger charge is 2.11. The van der Waals surface area contributed by atoms with Crippen molar-refractivity contribution in [2.45, 2.75) is 20.4 Å². The molecule has 9 heteroatoms. The molecule has 0 saturated carbocycles. The van der Waals surface area contributed by atoms with Crippen molar-refractivity contribution in [3.63, 3.8) is 0 Å². The molecule has 0 aliphatic heterocycles. The number of ether oxygens (including phenoxy) is 1. The highest BCUT2D eigenvalue weighted by Crippen LogP contribution is 2.27. The first-order valence-corrected chi connectivity index (χ1v) is 6.92. The average Bonchev–Trinajstić information content (AvgIpc) is 2.96. The van der Waals surface area contributed by atoms with Gasteiger partial charge < -0.3 is 10.1 Å². The van der Waals surface area contributed by atoms with E-state index in [1.165, 1.54) is 6.33 Å². The van der Waals surface area contributed by atoms with E-state index in [2.05, 4.69) is 35.5 Å². The van der Waals surface area contributed by atoms with Gasteiger partial charge in [0.2, 0.25) is 5.88 Å². The molecule has 0 spiro atoms. The first-order chi connectivity index (χ1) is 11.1. The third-order valence-corrected chi connectivity index (χ3v) is 3.18. The highest BCUT2D eigenvalue weighted by molar-refractivity contribution is 5.48. The SMILES string of the molecule is Cc1ncccc1Oc1ncnc(NCc2n[nH]c(=O)[nH]2)c1C. The molecule has 3 N–H and O–H groups in total. The van der Waals surface area contributed by atoms with Crippen LogP contribution in [-0.4, -0.2) is 30.1 Å². The molecule has 0 aliphatic carbocycles. The van der Waals surface area contributed by atoms with Gasteiger partial charge in [0.15, 0.2) is 5.75 Å². The number of nitrogens with one attached hydrogen (secondary N) is 3. The van der Waals surface area contributed by atoms with Crippen LogP contribution in [-0.2, 0) is 6.54 Å². The fourth-order valence-electron chi connectivity index (χ4n) is 1.95. The second-order valence-corrected chi connectivity index (χ2v) is 4.82. The summed E-state index contributed by atoms with van der Waals surface area (Å²) in [4.78, 5) is 26.1. The van der Waals surface area contributed by atoms with Crippen LogP contribution in [0.15, 0.2) is 29.5 Å². The highest BCUT2D eigenvalue weighted by atomic mass is 16.5. The maximum absolute atomic E-state index is 11.0. The van der Waals surface area contributed by atoms with Crippen molar-refractivity contribution in [1.82, 2.24) is 30.1 Å². The Balaban J connectivity index is 1.78. The number of aromatic nitrogens is 6. The quantitative estimate of drug-likeness (QED) is 0.649. The zero-order valence-corrected chi connectivity index (χ0v) is 12.6. The van der Waals surface area contributed by atoms with Crippen LogP contribution in [0.4, 0.5) is 5.82 Å². The molecule has 0 unspecified atom stereocenters. The number of hydrogen-bond donors (Lipinski definition) is 3. The molecule has 0 fully saturated rings. The lowest BCUT2D eigenvalue weighted by Crippen LogP contribution is -2.07. The van der Waals surface area contributed by atoms with Gasteiger partial charge in [-0.15, -0.1) is 0 Å². The zero-order chi connectivity index (χ0) is 16.2.